The van der Waals surface area contributed by atoms with Crippen LogP contribution in [0.2, 0.25) is 0 Å². The van der Waals surface area contributed by atoms with Crippen molar-refractivity contribution in [2.45, 2.75) is 11.6 Å². The minimum absolute atomic E-state index is 0.0429. The molecule has 0 saturated heterocycles. The molecule has 0 fully saturated rings. The topological polar surface area (TPSA) is 84.8 Å². The zero-order valence-corrected chi connectivity index (χ0v) is 10.6. The van der Waals surface area contributed by atoms with Gasteiger partial charge < -0.3 is 5.32 Å². The average molecular weight is 264 g/mol. The Hall–Kier alpha value is -2.02. The number of rotatable bonds is 4. The van der Waals surface area contributed by atoms with E-state index in [2.05, 4.69) is 20.3 Å². The van der Waals surface area contributed by atoms with E-state index in [0.29, 0.717) is 12.4 Å². The highest BCUT2D eigenvalue weighted by atomic mass is 32.2. The zero-order chi connectivity index (χ0) is 13.0. The minimum Gasteiger partial charge on any atom is -0.365 e. The molecular formula is C11H12N4O2S. The molecule has 1 N–H and O–H groups in total. The number of pyridine rings is 1. The van der Waals surface area contributed by atoms with E-state index in [1.807, 2.05) is 12.1 Å². The van der Waals surface area contributed by atoms with E-state index in [1.165, 1.54) is 12.4 Å². The molecule has 0 saturated carbocycles. The number of hydrogen-bond donors (Lipinski definition) is 1. The van der Waals surface area contributed by atoms with Crippen LogP contribution in [-0.2, 0) is 16.4 Å². The molecule has 18 heavy (non-hydrogen) atoms. The Bertz CT molecular complexity index is 629. The second kappa shape index (κ2) is 5.09. The molecule has 0 spiro atoms. The van der Waals surface area contributed by atoms with Crippen LogP contribution in [0.5, 0.6) is 0 Å². The fraction of sp³-hybridized carbons (Fsp3) is 0.182. The van der Waals surface area contributed by atoms with E-state index < -0.39 is 9.84 Å². The first-order chi connectivity index (χ1) is 8.55. The molecule has 0 aliphatic rings. The lowest BCUT2D eigenvalue weighted by Crippen LogP contribution is -2.06. The van der Waals surface area contributed by atoms with Crippen LogP contribution in [0.25, 0.3) is 0 Å². The van der Waals surface area contributed by atoms with Crippen molar-refractivity contribution in [3.05, 3.63) is 42.5 Å². The first kappa shape index (κ1) is 12.4. The third kappa shape index (κ3) is 3.24. The Morgan fingerprint density at radius 1 is 1.22 bits per heavy atom. The molecule has 0 aromatic carbocycles. The van der Waals surface area contributed by atoms with Gasteiger partial charge in [0.2, 0.25) is 0 Å². The highest BCUT2D eigenvalue weighted by Crippen LogP contribution is 2.08. The fourth-order valence-electron chi connectivity index (χ4n) is 1.31. The Labute approximate surface area is 105 Å². The normalized spacial score (nSPS) is 11.2. The van der Waals surface area contributed by atoms with Crippen LogP contribution < -0.4 is 5.32 Å². The SMILES string of the molecule is CS(=O)(=O)c1cncc(NCc2cccnc2)n1. The molecule has 2 rings (SSSR count). The van der Waals surface area contributed by atoms with Gasteiger partial charge in [-0.15, -0.1) is 0 Å². The van der Waals surface area contributed by atoms with E-state index in [9.17, 15) is 8.42 Å². The maximum absolute atomic E-state index is 11.3. The summed E-state index contributed by atoms with van der Waals surface area (Å²) in [5.74, 6) is 0.418. The van der Waals surface area contributed by atoms with E-state index in [-0.39, 0.29) is 5.03 Å². The molecule has 2 aromatic heterocycles. The van der Waals surface area contributed by atoms with Crippen molar-refractivity contribution >= 4 is 15.7 Å². The molecule has 2 heterocycles. The lowest BCUT2D eigenvalue weighted by atomic mass is 10.3. The summed E-state index contributed by atoms with van der Waals surface area (Å²) >= 11 is 0. The largest absolute Gasteiger partial charge is 0.365 e. The van der Waals surface area contributed by atoms with Crippen molar-refractivity contribution in [3.63, 3.8) is 0 Å². The second-order valence-electron chi connectivity index (χ2n) is 3.73. The summed E-state index contributed by atoms with van der Waals surface area (Å²) in [6.45, 7) is 0.510. The first-order valence-electron chi connectivity index (χ1n) is 5.20. The van der Waals surface area contributed by atoms with Crippen molar-refractivity contribution in [3.8, 4) is 0 Å². The Morgan fingerprint density at radius 2 is 2.06 bits per heavy atom. The molecular weight excluding hydrogens is 252 g/mol. The van der Waals surface area contributed by atoms with Crippen molar-refractivity contribution in [2.75, 3.05) is 11.6 Å². The average Bonchev–Trinajstić information content (AvgIpc) is 2.37. The van der Waals surface area contributed by atoms with Gasteiger partial charge in [-0.3, -0.25) is 9.97 Å². The Morgan fingerprint density at radius 3 is 2.72 bits per heavy atom. The molecule has 0 atom stereocenters. The molecule has 0 aliphatic heterocycles. The van der Waals surface area contributed by atoms with E-state index in [4.69, 9.17) is 0 Å². The van der Waals surface area contributed by atoms with E-state index >= 15 is 0 Å². The van der Waals surface area contributed by atoms with Gasteiger partial charge in [-0.2, -0.15) is 0 Å². The van der Waals surface area contributed by atoms with Crippen LogP contribution in [0.3, 0.4) is 0 Å². The van der Waals surface area contributed by atoms with E-state index in [1.54, 1.807) is 12.4 Å². The Balaban J connectivity index is 2.11. The molecule has 6 nitrogen and oxygen atoms in total. The summed E-state index contributed by atoms with van der Waals surface area (Å²) in [6, 6.07) is 3.74. The molecule has 0 bridgehead atoms. The highest BCUT2D eigenvalue weighted by Gasteiger charge is 2.09. The van der Waals surface area contributed by atoms with Crippen molar-refractivity contribution in [2.24, 2.45) is 0 Å². The van der Waals surface area contributed by atoms with Crippen molar-refractivity contribution in [1.29, 1.82) is 0 Å². The zero-order valence-electron chi connectivity index (χ0n) is 9.74. The predicted molar refractivity (Wildman–Crippen MR) is 66.7 cm³/mol. The number of aromatic nitrogens is 3. The third-order valence-electron chi connectivity index (χ3n) is 2.19. The summed E-state index contributed by atoms with van der Waals surface area (Å²) in [5, 5.41) is 2.95. The lowest BCUT2D eigenvalue weighted by Gasteiger charge is -2.05. The number of nitrogens with zero attached hydrogens (tertiary/aromatic N) is 3. The van der Waals surface area contributed by atoms with Crippen LogP contribution in [0.4, 0.5) is 5.82 Å². The predicted octanol–water partition coefficient (Wildman–Crippen LogP) is 0.887. The maximum Gasteiger partial charge on any atom is 0.194 e. The number of hydrogen-bond acceptors (Lipinski definition) is 6. The van der Waals surface area contributed by atoms with Crippen LogP contribution in [-0.4, -0.2) is 29.6 Å². The van der Waals surface area contributed by atoms with Gasteiger partial charge in [0, 0.05) is 25.2 Å². The quantitative estimate of drug-likeness (QED) is 0.882. The maximum atomic E-state index is 11.3. The molecule has 0 aliphatic carbocycles. The third-order valence-corrected chi connectivity index (χ3v) is 3.15. The number of nitrogens with one attached hydrogen (secondary N) is 1. The summed E-state index contributed by atoms with van der Waals surface area (Å²) in [6.07, 6.45) is 7.21. The summed E-state index contributed by atoms with van der Waals surface area (Å²) in [5.41, 5.74) is 0.976. The monoisotopic (exact) mass is 264 g/mol. The molecule has 7 heteroatoms. The molecule has 94 valence electrons. The second-order valence-corrected chi connectivity index (χ2v) is 5.69. The summed E-state index contributed by atoms with van der Waals surface area (Å²) < 4.78 is 22.6. The van der Waals surface area contributed by atoms with Gasteiger partial charge in [0.05, 0.1) is 12.4 Å². The summed E-state index contributed by atoms with van der Waals surface area (Å²) in [4.78, 5) is 11.8. The van der Waals surface area contributed by atoms with Crippen LogP contribution in [0.1, 0.15) is 5.56 Å². The molecule has 0 radical (unpaired) electrons. The van der Waals surface area contributed by atoms with Gasteiger partial charge in [0.1, 0.15) is 5.82 Å². The standard InChI is InChI=1S/C11H12N4O2S/c1-18(16,17)11-8-13-7-10(15-11)14-6-9-3-2-4-12-5-9/h2-5,7-8H,6H2,1H3,(H,14,15). The Kier molecular flexibility index (Phi) is 3.52. The molecule has 2 aromatic rings. The van der Waals surface area contributed by atoms with E-state index in [0.717, 1.165) is 11.8 Å². The van der Waals surface area contributed by atoms with Crippen LogP contribution >= 0.6 is 0 Å². The fourth-order valence-corrected chi connectivity index (χ4v) is 1.82. The van der Waals surface area contributed by atoms with Gasteiger partial charge in [-0.1, -0.05) is 6.07 Å². The van der Waals surface area contributed by atoms with Crippen LogP contribution in [0, 0.1) is 0 Å². The minimum atomic E-state index is -3.33. The van der Waals surface area contributed by atoms with Gasteiger partial charge in [0.15, 0.2) is 14.9 Å². The first-order valence-corrected chi connectivity index (χ1v) is 7.10. The molecule has 0 amide bonds. The molecule has 0 unspecified atom stereocenters. The van der Waals surface area contributed by atoms with Gasteiger partial charge >= 0.3 is 0 Å². The van der Waals surface area contributed by atoms with Crippen LogP contribution in [0.15, 0.2) is 41.9 Å². The number of anilines is 1. The van der Waals surface area contributed by atoms with Crippen molar-refractivity contribution < 1.29 is 8.42 Å². The highest BCUT2D eigenvalue weighted by molar-refractivity contribution is 7.90. The van der Waals surface area contributed by atoms with Gasteiger partial charge in [-0.25, -0.2) is 13.4 Å². The van der Waals surface area contributed by atoms with Gasteiger partial charge in [0.25, 0.3) is 0 Å². The summed E-state index contributed by atoms with van der Waals surface area (Å²) in [7, 11) is -3.33. The number of sulfone groups is 1. The smallest absolute Gasteiger partial charge is 0.194 e. The lowest BCUT2D eigenvalue weighted by molar-refractivity contribution is 0.597. The van der Waals surface area contributed by atoms with Gasteiger partial charge in [-0.05, 0) is 11.6 Å². The van der Waals surface area contributed by atoms with Crippen molar-refractivity contribution in [1.82, 2.24) is 15.0 Å².